The summed E-state index contributed by atoms with van der Waals surface area (Å²) < 4.78 is 5.00. The zero-order chi connectivity index (χ0) is 19.6. The predicted octanol–water partition coefficient (Wildman–Crippen LogP) is -1.15. The van der Waals surface area contributed by atoms with Crippen molar-refractivity contribution in [3.63, 3.8) is 0 Å². The number of rotatable bonds is 6. The Balaban J connectivity index is 1.75. The van der Waals surface area contributed by atoms with Gasteiger partial charge in [0.25, 0.3) is 5.91 Å². The Hall–Kier alpha value is -2.38. The van der Waals surface area contributed by atoms with E-state index in [1.807, 2.05) is 0 Å². The molecular formula is C14H17N5O6S2. The van der Waals surface area contributed by atoms with Crippen molar-refractivity contribution in [1.29, 1.82) is 0 Å². The second-order valence-electron chi connectivity index (χ2n) is 5.77. The summed E-state index contributed by atoms with van der Waals surface area (Å²) in [5.41, 5.74) is 5.54. The predicted molar refractivity (Wildman–Crippen MR) is 97.3 cm³/mol. The summed E-state index contributed by atoms with van der Waals surface area (Å²) in [6, 6.07) is -1.89. The number of carboxylic acids is 1. The van der Waals surface area contributed by atoms with E-state index in [9.17, 15) is 19.5 Å². The lowest BCUT2D eigenvalue weighted by molar-refractivity contribution is -0.142. The fourth-order valence-electron chi connectivity index (χ4n) is 2.73. The SMILES string of the molecule is CO/N=C(\C(=O)N[C@H](C(=O)O)C1NC2C(=O)OCC2CS1)c1csc(N)n1. The third-order valence-electron chi connectivity index (χ3n) is 4.02. The van der Waals surface area contributed by atoms with Crippen molar-refractivity contribution in [3.8, 4) is 0 Å². The number of fused-ring (bicyclic) bond motifs is 1. The van der Waals surface area contributed by atoms with Gasteiger partial charge in [-0.2, -0.15) is 0 Å². The average molecular weight is 415 g/mol. The van der Waals surface area contributed by atoms with Crippen LogP contribution in [0.2, 0.25) is 0 Å². The number of thiazole rings is 1. The van der Waals surface area contributed by atoms with Crippen LogP contribution in [-0.2, 0) is 24.0 Å². The smallest absolute Gasteiger partial charge is 0.328 e. The lowest BCUT2D eigenvalue weighted by Gasteiger charge is -2.33. The number of hydrogen-bond acceptors (Lipinski definition) is 11. The molecule has 2 fully saturated rings. The van der Waals surface area contributed by atoms with Gasteiger partial charge in [-0.15, -0.1) is 23.1 Å². The van der Waals surface area contributed by atoms with Gasteiger partial charge in [0.2, 0.25) is 0 Å². The Kier molecular flexibility index (Phi) is 5.82. The van der Waals surface area contributed by atoms with Gasteiger partial charge >= 0.3 is 11.9 Å². The molecule has 0 bridgehead atoms. The maximum absolute atomic E-state index is 12.6. The Morgan fingerprint density at radius 2 is 2.37 bits per heavy atom. The zero-order valence-corrected chi connectivity index (χ0v) is 15.7. The van der Waals surface area contributed by atoms with Crippen molar-refractivity contribution in [2.24, 2.45) is 11.1 Å². The Morgan fingerprint density at radius 3 is 3.00 bits per heavy atom. The number of hydrogen-bond donors (Lipinski definition) is 4. The summed E-state index contributed by atoms with van der Waals surface area (Å²) in [7, 11) is 1.25. The number of nitrogen functional groups attached to an aromatic ring is 1. The first kappa shape index (κ1) is 19.4. The molecule has 1 aromatic rings. The van der Waals surface area contributed by atoms with E-state index >= 15 is 0 Å². The van der Waals surface area contributed by atoms with Gasteiger partial charge in [0.1, 0.15) is 18.8 Å². The molecule has 27 heavy (non-hydrogen) atoms. The number of esters is 1. The highest BCUT2D eigenvalue weighted by Gasteiger charge is 2.45. The molecular weight excluding hydrogens is 398 g/mol. The van der Waals surface area contributed by atoms with Gasteiger partial charge in [-0.05, 0) is 0 Å². The number of thioether (sulfide) groups is 1. The highest BCUT2D eigenvalue weighted by Crippen LogP contribution is 2.30. The van der Waals surface area contributed by atoms with Crippen LogP contribution in [0.25, 0.3) is 0 Å². The molecule has 2 saturated heterocycles. The van der Waals surface area contributed by atoms with Gasteiger partial charge in [-0.1, -0.05) is 5.16 Å². The van der Waals surface area contributed by atoms with E-state index in [-0.39, 0.29) is 22.5 Å². The molecule has 3 rings (SSSR count). The molecule has 0 saturated carbocycles. The number of carbonyl (C=O) groups is 3. The van der Waals surface area contributed by atoms with E-state index in [0.29, 0.717) is 12.4 Å². The molecule has 5 N–H and O–H groups in total. The summed E-state index contributed by atoms with van der Waals surface area (Å²) in [6.45, 7) is 0.302. The van der Waals surface area contributed by atoms with Crippen molar-refractivity contribution in [1.82, 2.24) is 15.6 Å². The van der Waals surface area contributed by atoms with Crippen LogP contribution in [0, 0.1) is 5.92 Å². The van der Waals surface area contributed by atoms with Crippen molar-refractivity contribution in [2.75, 3.05) is 25.2 Å². The Labute approximate surface area is 161 Å². The number of carboxylic acid groups (broad SMARTS) is 1. The van der Waals surface area contributed by atoms with E-state index < -0.39 is 35.3 Å². The maximum atomic E-state index is 12.6. The highest BCUT2D eigenvalue weighted by molar-refractivity contribution is 8.00. The summed E-state index contributed by atoms with van der Waals surface area (Å²) >= 11 is 2.41. The van der Waals surface area contributed by atoms with E-state index in [2.05, 4.69) is 25.6 Å². The highest BCUT2D eigenvalue weighted by atomic mass is 32.2. The monoisotopic (exact) mass is 415 g/mol. The number of nitrogens with two attached hydrogens (primary N) is 1. The van der Waals surface area contributed by atoms with Gasteiger partial charge in [0.05, 0.1) is 12.0 Å². The third kappa shape index (κ3) is 4.14. The molecule has 0 aliphatic carbocycles. The van der Waals surface area contributed by atoms with Crippen molar-refractivity contribution in [2.45, 2.75) is 17.5 Å². The topological polar surface area (TPSA) is 165 Å². The van der Waals surface area contributed by atoms with E-state index in [1.165, 1.54) is 24.3 Å². The van der Waals surface area contributed by atoms with Crippen LogP contribution < -0.4 is 16.4 Å². The van der Waals surface area contributed by atoms with Crippen LogP contribution >= 0.6 is 23.1 Å². The number of anilines is 1. The number of cyclic esters (lactones) is 1. The second-order valence-corrected chi connectivity index (χ2v) is 7.84. The second kappa shape index (κ2) is 8.10. The van der Waals surface area contributed by atoms with Crippen LogP contribution in [0.4, 0.5) is 5.13 Å². The number of amides is 1. The molecule has 0 spiro atoms. The average Bonchev–Trinajstić information content (AvgIpc) is 3.23. The van der Waals surface area contributed by atoms with Crippen LogP contribution in [0.1, 0.15) is 5.69 Å². The summed E-state index contributed by atoms with van der Waals surface area (Å²) in [6.07, 6.45) is 0. The van der Waals surface area contributed by atoms with Gasteiger partial charge in [-0.25, -0.2) is 9.78 Å². The van der Waals surface area contributed by atoms with Gasteiger partial charge in [-0.3, -0.25) is 14.9 Å². The first-order valence-electron chi connectivity index (χ1n) is 7.81. The summed E-state index contributed by atoms with van der Waals surface area (Å²) in [4.78, 5) is 44.7. The summed E-state index contributed by atoms with van der Waals surface area (Å²) in [5.74, 6) is -1.94. The van der Waals surface area contributed by atoms with E-state index in [1.54, 1.807) is 0 Å². The number of ether oxygens (including phenoxy) is 1. The molecule has 0 aromatic carbocycles. The van der Waals surface area contributed by atoms with E-state index in [4.69, 9.17) is 10.5 Å². The first-order valence-corrected chi connectivity index (χ1v) is 9.74. The van der Waals surface area contributed by atoms with Crippen molar-refractivity contribution >= 4 is 51.8 Å². The minimum atomic E-state index is -1.31. The van der Waals surface area contributed by atoms with Gasteiger partial charge in [0, 0.05) is 17.1 Å². The molecule has 13 heteroatoms. The minimum Gasteiger partial charge on any atom is -0.480 e. The van der Waals surface area contributed by atoms with Crippen molar-refractivity contribution < 1.29 is 29.1 Å². The molecule has 2 aliphatic heterocycles. The molecule has 1 amide bonds. The minimum absolute atomic E-state index is 0.0208. The lowest BCUT2D eigenvalue weighted by atomic mass is 10.0. The molecule has 11 nitrogen and oxygen atoms in total. The van der Waals surface area contributed by atoms with Crippen molar-refractivity contribution in [3.05, 3.63) is 11.1 Å². The largest absolute Gasteiger partial charge is 0.480 e. The number of nitrogens with zero attached hydrogens (tertiary/aromatic N) is 2. The number of carbonyl (C=O) groups excluding carboxylic acids is 2. The number of aliphatic carboxylic acids is 1. The van der Waals surface area contributed by atoms with Crippen LogP contribution in [0.5, 0.6) is 0 Å². The standard InChI is InChI=1S/C14H17N5O6S2/c1-24-19-8(6-4-27-14(15)16-6)10(20)17-9(12(21)22)11-18-7-5(3-26-11)2-25-13(7)23/h4-5,7,9,11,18H,2-3H2,1H3,(H2,15,16)(H,17,20)(H,21,22)/b19-8-/t5?,7?,9-,11?/m0/s1. The fraction of sp³-hybridized carbons (Fsp3) is 0.500. The van der Waals surface area contributed by atoms with Crippen LogP contribution in [-0.4, -0.2) is 70.6 Å². The molecule has 146 valence electrons. The van der Waals surface area contributed by atoms with Gasteiger partial charge < -0.3 is 25.7 Å². The summed E-state index contributed by atoms with van der Waals surface area (Å²) in [5, 5.41) is 19.6. The molecule has 3 unspecified atom stereocenters. The van der Waals surface area contributed by atoms with Crippen LogP contribution in [0.15, 0.2) is 10.5 Å². The normalized spacial score (nSPS) is 26.0. The number of nitrogens with one attached hydrogen (secondary N) is 2. The lowest BCUT2D eigenvalue weighted by Crippen LogP contribution is -2.60. The Morgan fingerprint density at radius 1 is 1.59 bits per heavy atom. The molecule has 3 heterocycles. The quantitative estimate of drug-likeness (QED) is 0.253. The number of oxime groups is 1. The van der Waals surface area contributed by atoms with Crippen LogP contribution in [0.3, 0.4) is 0 Å². The molecule has 2 aliphatic rings. The fourth-order valence-corrected chi connectivity index (χ4v) is 4.64. The zero-order valence-electron chi connectivity index (χ0n) is 14.1. The Bertz CT molecular complexity index is 784. The number of aromatic nitrogens is 1. The molecule has 4 atom stereocenters. The van der Waals surface area contributed by atoms with E-state index in [0.717, 1.165) is 11.3 Å². The molecule has 1 aromatic heterocycles. The first-order chi connectivity index (χ1) is 12.9. The maximum Gasteiger partial charge on any atom is 0.328 e. The molecule has 0 radical (unpaired) electrons. The third-order valence-corrected chi connectivity index (χ3v) is 6.08. The van der Waals surface area contributed by atoms with Gasteiger partial charge in [0.15, 0.2) is 16.9 Å².